The Balaban J connectivity index is 1.69. The molecule has 1 aliphatic rings. The Bertz CT molecular complexity index is 887. The molecule has 3 heterocycles. The second-order valence-electron chi connectivity index (χ2n) is 5.80. The highest BCUT2D eigenvalue weighted by atomic mass is 32.1. The van der Waals surface area contributed by atoms with Crippen LogP contribution in [0.5, 0.6) is 0 Å². The van der Waals surface area contributed by atoms with Gasteiger partial charge in [-0.05, 0) is 25.1 Å². The second-order valence-corrected chi connectivity index (χ2v) is 6.97. The maximum atomic E-state index is 11.5. The quantitative estimate of drug-likeness (QED) is 0.694. The Labute approximate surface area is 137 Å². The first-order valence-electron chi connectivity index (χ1n) is 7.63. The number of ether oxygens (including phenoxy) is 1. The van der Waals surface area contributed by atoms with Crippen molar-refractivity contribution >= 4 is 28.2 Å². The number of ketones is 1. The number of hydrogen-bond acceptors (Lipinski definition) is 5. The summed E-state index contributed by atoms with van der Waals surface area (Å²) < 4.78 is 7.56. The summed E-state index contributed by atoms with van der Waals surface area (Å²) in [6, 6.07) is 5.68. The van der Waals surface area contributed by atoms with Crippen molar-refractivity contribution in [2.75, 3.05) is 6.61 Å². The molecular weight excluding hydrogens is 310 g/mol. The molecular formula is C17H17N3O2S. The molecule has 2 aromatic heterocycles. The zero-order valence-corrected chi connectivity index (χ0v) is 13.9. The monoisotopic (exact) mass is 327 g/mol. The SMILES string of the molecule is CC(=O)c1ccc2c(c1)nc(Cc1nc3c(s1)COCC3)n2C. The van der Waals surface area contributed by atoms with E-state index in [-0.39, 0.29) is 5.78 Å². The van der Waals surface area contributed by atoms with Gasteiger partial charge in [-0.3, -0.25) is 4.79 Å². The summed E-state index contributed by atoms with van der Waals surface area (Å²) in [5.74, 6) is 1.03. The Kier molecular flexibility index (Phi) is 3.50. The first-order valence-corrected chi connectivity index (χ1v) is 8.45. The third-order valence-electron chi connectivity index (χ3n) is 4.23. The van der Waals surface area contributed by atoms with Crippen molar-refractivity contribution in [2.45, 2.75) is 26.4 Å². The number of hydrogen-bond donors (Lipinski definition) is 0. The van der Waals surface area contributed by atoms with E-state index < -0.39 is 0 Å². The molecule has 0 atom stereocenters. The number of nitrogens with zero attached hydrogens (tertiary/aromatic N) is 3. The molecule has 0 saturated heterocycles. The van der Waals surface area contributed by atoms with E-state index in [1.54, 1.807) is 18.3 Å². The summed E-state index contributed by atoms with van der Waals surface area (Å²) in [5, 5.41) is 1.07. The van der Waals surface area contributed by atoms with E-state index in [4.69, 9.17) is 14.7 Å². The summed E-state index contributed by atoms with van der Waals surface area (Å²) in [5.41, 5.74) is 3.77. The standard InChI is InChI=1S/C17H17N3O2S/c1-10(21)11-3-4-14-13(7-11)18-16(20(14)2)8-17-19-12-5-6-22-9-15(12)23-17/h3-4,7H,5-6,8-9H2,1-2H3. The molecule has 0 spiro atoms. The van der Waals surface area contributed by atoms with Gasteiger partial charge in [0.15, 0.2) is 5.78 Å². The van der Waals surface area contributed by atoms with Gasteiger partial charge in [0, 0.05) is 19.0 Å². The van der Waals surface area contributed by atoms with E-state index in [9.17, 15) is 4.79 Å². The second kappa shape index (κ2) is 5.54. The number of aryl methyl sites for hydroxylation is 1. The molecule has 0 amide bonds. The van der Waals surface area contributed by atoms with Crippen LogP contribution in [0.1, 0.15) is 38.7 Å². The average Bonchev–Trinajstić information content (AvgIpc) is 3.08. The highest BCUT2D eigenvalue weighted by molar-refractivity contribution is 7.11. The Morgan fingerprint density at radius 1 is 1.39 bits per heavy atom. The zero-order chi connectivity index (χ0) is 16.0. The first-order chi connectivity index (χ1) is 11.1. The van der Waals surface area contributed by atoms with Crippen molar-refractivity contribution in [1.82, 2.24) is 14.5 Å². The summed E-state index contributed by atoms with van der Waals surface area (Å²) >= 11 is 1.71. The lowest BCUT2D eigenvalue weighted by Crippen LogP contribution is -2.07. The number of Topliss-reactive ketones (excluding diaryl/α,β-unsaturated/α-hetero) is 1. The van der Waals surface area contributed by atoms with Crippen LogP contribution in [0.25, 0.3) is 11.0 Å². The van der Waals surface area contributed by atoms with E-state index in [0.29, 0.717) is 18.6 Å². The van der Waals surface area contributed by atoms with Crippen LogP contribution in [0.15, 0.2) is 18.2 Å². The zero-order valence-electron chi connectivity index (χ0n) is 13.1. The molecule has 0 radical (unpaired) electrons. The fourth-order valence-corrected chi connectivity index (χ4v) is 3.97. The van der Waals surface area contributed by atoms with Crippen LogP contribution in [0.3, 0.4) is 0 Å². The van der Waals surface area contributed by atoms with Gasteiger partial charge in [-0.1, -0.05) is 0 Å². The first kappa shape index (κ1) is 14.5. The lowest BCUT2D eigenvalue weighted by molar-refractivity contribution is 0.101. The summed E-state index contributed by atoms with van der Waals surface area (Å²) in [7, 11) is 2.01. The van der Waals surface area contributed by atoms with Crippen LogP contribution in [-0.4, -0.2) is 26.9 Å². The minimum atomic E-state index is 0.0618. The summed E-state index contributed by atoms with van der Waals surface area (Å²) in [6.45, 7) is 3.01. The molecule has 4 rings (SSSR count). The van der Waals surface area contributed by atoms with E-state index in [1.807, 2.05) is 25.2 Å². The normalized spacial score (nSPS) is 14.2. The van der Waals surface area contributed by atoms with Crippen LogP contribution in [0.4, 0.5) is 0 Å². The lowest BCUT2D eigenvalue weighted by Gasteiger charge is -2.08. The number of aromatic nitrogens is 3. The topological polar surface area (TPSA) is 57.0 Å². The van der Waals surface area contributed by atoms with Gasteiger partial charge >= 0.3 is 0 Å². The fourth-order valence-electron chi connectivity index (χ4n) is 2.92. The van der Waals surface area contributed by atoms with Crippen LogP contribution in [-0.2, 0) is 31.2 Å². The summed E-state index contributed by atoms with van der Waals surface area (Å²) in [6.07, 6.45) is 1.61. The molecule has 0 N–H and O–H groups in total. The number of rotatable bonds is 3. The molecule has 1 aromatic carbocycles. The predicted octanol–water partition coefficient (Wildman–Crippen LogP) is 2.90. The Morgan fingerprint density at radius 3 is 3.04 bits per heavy atom. The van der Waals surface area contributed by atoms with Gasteiger partial charge in [0.05, 0.1) is 41.2 Å². The Morgan fingerprint density at radius 2 is 2.26 bits per heavy atom. The predicted molar refractivity (Wildman–Crippen MR) is 89.0 cm³/mol. The molecule has 118 valence electrons. The van der Waals surface area contributed by atoms with E-state index >= 15 is 0 Å². The van der Waals surface area contributed by atoms with Crippen molar-refractivity contribution in [2.24, 2.45) is 7.05 Å². The number of benzene rings is 1. The van der Waals surface area contributed by atoms with Crippen molar-refractivity contribution in [1.29, 1.82) is 0 Å². The summed E-state index contributed by atoms with van der Waals surface area (Å²) in [4.78, 5) is 22.2. The number of fused-ring (bicyclic) bond motifs is 2. The van der Waals surface area contributed by atoms with Crippen LogP contribution >= 0.6 is 11.3 Å². The minimum absolute atomic E-state index is 0.0618. The lowest BCUT2D eigenvalue weighted by atomic mass is 10.1. The van der Waals surface area contributed by atoms with E-state index in [2.05, 4.69) is 4.57 Å². The molecule has 6 heteroatoms. The van der Waals surface area contributed by atoms with E-state index in [1.165, 1.54) is 10.6 Å². The van der Waals surface area contributed by atoms with Crippen molar-refractivity contribution < 1.29 is 9.53 Å². The van der Waals surface area contributed by atoms with Gasteiger partial charge in [-0.2, -0.15) is 0 Å². The van der Waals surface area contributed by atoms with Crippen molar-refractivity contribution in [3.05, 3.63) is 45.2 Å². The van der Waals surface area contributed by atoms with Gasteiger partial charge in [-0.15, -0.1) is 11.3 Å². The molecule has 0 bridgehead atoms. The van der Waals surface area contributed by atoms with Crippen LogP contribution < -0.4 is 0 Å². The third-order valence-corrected chi connectivity index (χ3v) is 5.30. The average molecular weight is 327 g/mol. The van der Waals surface area contributed by atoms with E-state index in [0.717, 1.165) is 34.9 Å². The van der Waals surface area contributed by atoms with Crippen LogP contribution in [0.2, 0.25) is 0 Å². The smallest absolute Gasteiger partial charge is 0.159 e. The van der Waals surface area contributed by atoms with Gasteiger partial charge in [0.25, 0.3) is 0 Å². The van der Waals surface area contributed by atoms with Crippen LogP contribution in [0, 0.1) is 0 Å². The maximum Gasteiger partial charge on any atom is 0.159 e. The molecule has 1 aliphatic heterocycles. The maximum absolute atomic E-state index is 11.5. The largest absolute Gasteiger partial charge is 0.375 e. The number of carbonyl (C=O) groups excluding carboxylic acids is 1. The highest BCUT2D eigenvalue weighted by Gasteiger charge is 2.17. The molecule has 3 aromatic rings. The molecule has 0 unspecified atom stereocenters. The number of thiazole rings is 1. The third kappa shape index (κ3) is 2.58. The van der Waals surface area contributed by atoms with Gasteiger partial charge in [-0.25, -0.2) is 9.97 Å². The minimum Gasteiger partial charge on any atom is -0.375 e. The van der Waals surface area contributed by atoms with Gasteiger partial charge in [0.1, 0.15) is 10.8 Å². The number of carbonyl (C=O) groups is 1. The fraction of sp³-hybridized carbons (Fsp3) is 0.353. The molecule has 0 fully saturated rings. The van der Waals surface area contributed by atoms with Crippen molar-refractivity contribution in [3.63, 3.8) is 0 Å². The van der Waals surface area contributed by atoms with Gasteiger partial charge < -0.3 is 9.30 Å². The Hall–Kier alpha value is -2.05. The molecule has 0 saturated carbocycles. The molecule has 23 heavy (non-hydrogen) atoms. The number of imidazole rings is 1. The van der Waals surface area contributed by atoms with Gasteiger partial charge in [0.2, 0.25) is 0 Å². The highest BCUT2D eigenvalue weighted by Crippen LogP contribution is 2.26. The van der Waals surface area contributed by atoms with Crippen molar-refractivity contribution in [3.8, 4) is 0 Å². The molecule has 5 nitrogen and oxygen atoms in total. The molecule has 0 aliphatic carbocycles.